The van der Waals surface area contributed by atoms with Gasteiger partial charge in [-0.25, -0.2) is 4.98 Å². The zero-order valence-electron chi connectivity index (χ0n) is 18.4. The quantitative estimate of drug-likeness (QED) is 0.504. The number of aromatic nitrogens is 3. The maximum absolute atomic E-state index is 13.3. The van der Waals surface area contributed by atoms with Gasteiger partial charge in [0.25, 0.3) is 11.5 Å². The summed E-state index contributed by atoms with van der Waals surface area (Å²) in [5.41, 5.74) is 1.99. The largest absolute Gasteiger partial charge is 0.385 e. The number of hydrogen-bond acceptors (Lipinski definition) is 5. The Balaban J connectivity index is 1.93. The first kappa shape index (κ1) is 21.2. The van der Waals surface area contributed by atoms with E-state index in [1.54, 1.807) is 28.8 Å². The lowest BCUT2D eigenvalue weighted by atomic mass is 9.98. The van der Waals surface area contributed by atoms with Crippen LogP contribution in [0.2, 0.25) is 0 Å². The van der Waals surface area contributed by atoms with Gasteiger partial charge in [-0.3, -0.25) is 19.4 Å². The van der Waals surface area contributed by atoms with E-state index in [-0.39, 0.29) is 22.5 Å². The van der Waals surface area contributed by atoms with Crippen molar-refractivity contribution < 1.29 is 9.53 Å². The summed E-state index contributed by atoms with van der Waals surface area (Å²) in [5, 5.41) is 9.16. The van der Waals surface area contributed by atoms with Gasteiger partial charge in [-0.05, 0) is 49.8 Å². The minimum Gasteiger partial charge on any atom is -0.385 e. The third kappa shape index (κ3) is 3.87. The maximum Gasteiger partial charge on any atom is 0.267 e. The fourth-order valence-corrected chi connectivity index (χ4v) is 4.23. The Kier molecular flexibility index (Phi) is 5.91. The topological polar surface area (TPSA) is 92.7 Å². The Bertz CT molecular complexity index is 1250. The summed E-state index contributed by atoms with van der Waals surface area (Å²) in [7, 11) is 1.63. The predicted octanol–water partition coefficient (Wildman–Crippen LogP) is 2.35. The second-order valence-corrected chi connectivity index (χ2v) is 8.42. The van der Waals surface area contributed by atoms with E-state index in [0.29, 0.717) is 55.3 Å². The highest BCUT2D eigenvalue weighted by atomic mass is 16.5. The maximum atomic E-state index is 13.3. The number of carbonyl (C=O) groups excluding carboxylic acids is 1. The van der Waals surface area contributed by atoms with Crippen molar-refractivity contribution in [3.63, 3.8) is 0 Å². The summed E-state index contributed by atoms with van der Waals surface area (Å²) < 4.78 is 8.37. The van der Waals surface area contributed by atoms with Gasteiger partial charge in [-0.15, -0.1) is 0 Å². The normalized spacial score (nSPS) is 15.1. The van der Waals surface area contributed by atoms with E-state index in [2.05, 4.69) is 6.92 Å². The van der Waals surface area contributed by atoms with Crippen LogP contribution in [0.1, 0.15) is 42.1 Å². The molecule has 0 aliphatic carbocycles. The van der Waals surface area contributed by atoms with Gasteiger partial charge in [0, 0.05) is 39.5 Å². The highest BCUT2D eigenvalue weighted by Crippen LogP contribution is 2.19. The van der Waals surface area contributed by atoms with E-state index in [1.807, 2.05) is 19.1 Å². The van der Waals surface area contributed by atoms with Crippen LogP contribution in [0, 0.1) is 18.3 Å². The molecule has 0 aromatic carbocycles. The fraction of sp³-hybridized carbons (Fsp3) is 0.478. The lowest BCUT2D eigenvalue weighted by molar-refractivity contribution is 0.0694. The number of nitrogens with one attached hydrogen (secondary N) is 1. The van der Waals surface area contributed by atoms with Gasteiger partial charge in [0.15, 0.2) is 0 Å². The second kappa shape index (κ2) is 8.63. The number of amides is 1. The number of likely N-dealkylation sites (tertiary alicyclic amines) is 1. The number of nitrogens with zero attached hydrogens (tertiary/aromatic N) is 4. The summed E-state index contributed by atoms with van der Waals surface area (Å²) in [6.45, 7) is 6.40. The Morgan fingerprint density at radius 1 is 1.29 bits per heavy atom. The molecule has 0 radical (unpaired) electrons. The molecule has 1 aliphatic rings. The molecule has 0 spiro atoms. The van der Waals surface area contributed by atoms with Crippen molar-refractivity contribution in [1.82, 2.24) is 18.9 Å². The Labute approximate surface area is 180 Å². The van der Waals surface area contributed by atoms with E-state index in [9.17, 15) is 9.59 Å². The summed E-state index contributed by atoms with van der Waals surface area (Å²) in [5.74, 6) is 0.409. The number of hydrogen-bond donors (Lipinski definition) is 1. The van der Waals surface area contributed by atoms with Crippen molar-refractivity contribution in [2.24, 2.45) is 5.92 Å². The number of carbonyl (C=O) groups is 1. The molecule has 1 amide bonds. The Hall–Kier alpha value is -3.00. The molecule has 3 aromatic rings. The van der Waals surface area contributed by atoms with E-state index in [1.165, 1.54) is 4.40 Å². The molecule has 0 unspecified atom stereocenters. The molecule has 31 heavy (non-hydrogen) atoms. The Morgan fingerprint density at radius 3 is 2.74 bits per heavy atom. The molecule has 4 rings (SSSR count). The van der Waals surface area contributed by atoms with Crippen LogP contribution < -0.4 is 11.0 Å². The van der Waals surface area contributed by atoms with Gasteiger partial charge < -0.3 is 14.2 Å². The fourth-order valence-electron chi connectivity index (χ4n) is 4.23. The molecular weight excluding hydrogens is 394 g/mol. The third-order valence-corrected chi connectivity index (χ3v) is 6.16. The number of fused-ring (bicyclic) bond motifs is 2. The van der Waals surface area contributed by atoms with Crippen LogP contribution in [0.5, 0.6) is 0 Å². The first-order chi connectivity index (χ1) is 14.9. The first-order valence-electron chi connectivity index (χ1n) is 10.8. The van der Waals surface area contributed by atoms with E-state index in [0.717, 1.165) is 18.4 Å². The van der Waals surface area contributed by atoms with Gasteiger partial charge in [0.1, 0.15) is 16.8 Å². The summed E-state index contributed by atoms with van der Waals surface area (Å²) >= 11 is 0. The molecule has 0 saturated carbocycles. The molecule has 1 N–H and O–H groups in total. The van der Waals surface area contributed by atoms with Crippen LogP contribution in [0.15, 0.2) is 29.2 Å². The summed E-state index contributed by atoms with van der Waals surface area (Å²) in [4.78, 5) is 33.2. The minimum atomic E-state index is -0.231. The molecule has 0 bridgehead atoms. The van der Waals surface area contributed by atoms with Gasteiger partial charge in [0.2, 0.25) is 0 Å². The molecular formula is C23H29N5O3. The van der Waals surface area contributed by atoms with E-state index in [4.69, 9.17) is 15.1 Å². The van der Waals surface area contributed by atoms with Gasteiger partial charge in [-0.2, -0.15) is 0 Å². The highest BCUT2D eigenvalue weighted by Gasteiger charge is 2.25. The smallest absolute Gasteiger partial charge is 0.267 e. The molecule has 1 fully saturated rings. The number of piperidine rings is 1. The molecule has 1 saturated heterocycles. The number of aryl methyl sites for hydroxylation is 2. The lowest BCUT2D eigenvalue weighted by Gasteiger charge is -2.30. The monoisotopic (exact) mass is 423 g/mol. The van der Waals surface area contributed by atoms with Crippen LogP contribution in [0.3, 0.4) is 0 Å². The average Bonchev–Trinajstić information content (AvgIpc) is 2.76. The lowest BCUT2D eigenvalue weighted by Crippen LogP contribution is -2.41. The Morgan fingerprint density at radius 2 is 2.03 bits per heavy atom. The number of ether oxygens (including phenoxy) is 1. The standard InChI is InChI=1S/C23H29N5O3/c1-15-7-11-26(12-8-15)22(29)17-14-18-21(27(19(17)24)10-5-13-31-3)25-20-16(2)6-4-9-28(20)23(18)30/h4,6,9,14-15,24H,5,7-8,10-13H2,1-3H3. The van der Waals surface area contributed by atoms with Crippen LogP contribution in [-0.4, -0.2) is 51.6 Å². The molecule has 8 nitrogen and oxygen atoms in total. The number of rotatable bonds is 5. The molecule has 3 aromatic heterocycles. The predicted molar refractivity (Wildman–Crippen MR) is 118 cm³/mol. The minimum absolute atomic E-state index is 0.0945. The average molecular weight is 424 g/mol. The van der Waals surface area contributed by atoms with Crippen molar-refractivity contribution in [2.45, 2.75) is 39.7 Å². The van der Waals surface area contributed by atoms with Crippen LogP contribution in [-0.2, 0) is 11.3 Å². The van der Waals surface area contributed by atoms with E-state index >= 15 is 0 Å². The second-order valence-electron chi connectivity index (χ2n) is 8.42. The zero-order chi connectivity index (χ0) is 22.1. The number of methoxy groups -OCH3 is 1. The molecule has 1 aliphatic heterocycles. The van der Waals surface area contributed by atoms with Crippen LogP contribution in [0.4, 0.5) is 0 Å². The van der Waals surface area contributed by atoms with Gasteiger partial charge in [-0.1, -0.05) is 13.0 Å². The van der Waals surface area contributed by atoms with E-state index < -0.39 is 0 Å². The van der Waals surface area contributed by atoms with Crippen molar-refractivity contribution in [2.75, 3.05) is 26.8 Å². The van der Waals surface area contributed by atoms with Crippen LogP contribution >= 0.6 is 0 Å². The van der Waals surface area contributed by atoms with Crippen molar-refractivity contribution in [3.05, 3.63) is 51.4 Å². The van der Waals surface area contributed by atoms with Crippen molar-refractivity contribution >= 4 is 22.6 Å². The van der Waals surface area contributed by atoms with Gasteiger partial charge >= 0.3 is 0 Å². The third-order valence-electron chi connectivity index (χ3n) is 6.16. The molecule has 164 valence electrons. The van der Waals surface area contributed by atoms with Crippen molar-refractivity contribution in [3.8, 4) is 0 Å². The van der Waals surface area contributed by atoms with Crippen LogP contribution in [0.25, 0.3) is 16.7 Å². The zero-order valence-corrected chi connectivity index (χ0v) is 18.4. The van der Waals surface area contributed by atoms with Crippen molar-refractivity contribution in [1.29, 1.82) is 5.41 Å². The summed E-state index contributed by atoms with van der Waals surface area (Å²) in [6, 6.07) is 5.28. The molecule has 0 atom stereocenters. The number of pyridine rings is 2. The highest BCUT2D eigenvalue weighted by molar-refractivity contribution is 5.97. The van der Waals surface area contributed by atoms with Gasteiger partial charge in [0.05, 0.1) is 10.9 Å². The first-order valence-corrected chi connectivity index (χ1v) is 10.8. The molecule has 4 heterocycles. The SMILES string of the molecule is COCCCn1c(=N)c(C(=O)N2CCC(C)CC2)cc2c(=O)n3cccc(C)c3nc21. The summed E-state index contributed by atoms with van der Waals surface area (Å²) in [6.07, 6.45) is 4.24. The molecule has 8 heteroatoms.